The molecule has 2 nitrogen and oxygen atoms in total. The average Bonchev–Trinajstić information content (AvgIpc) is 3.70. The molecule has 1 heterocycles. The second-order valence-electron chi connectivity index (χ2n) is 10.6. The topological polar surface area (TPSA) is 17.8 Å². The van der Waals surface area contributed by atoms with E-state index in [0.29, 0.717) is 5.54 Å². The van der Waals surface area contributed by atoms with Crippen molar-refractivity contribution in [1.82, 2.24) is 9.55 Å². The van der Waals surface area contributed by atoms with Crippen LogP contribution < -0.4 is 16.1 Å². The van der Waals surface area contributed by atoms with Crippen molar-refractivity contribution in [2.75, 3.05) is 0 Å². The molecule has 0 N–H and O–H groups in total. The smallest absolute Gasteiger partial charge is 0.241 e. The maximum atomic E-state index is 4.91. The Kier molecular flexibility index (Phi) is 7.73. The Labute approximate surface area is 234 Å². The van der Waals surface area contributed by atoms with Crippen LogP contribution in [0.1, 0.15) is 36.8 Å². The van der Waals surface area contributed by atoms with Gasteiger partial charge in [-0.05, 0) is 16.7 Å². The molecule has 0 saturated heterocycles. The number of rotatable bonds is 9. The van der Waals surface area contributed by atoms with Crippen molar-refractivity contribution in [2.24, 2.45) is 0 Å². The fourth-order valence-electron chi connectivity index (χ4n) is 6.41. The summed E-state index contributed by atoms with van der Waals surface area (Å²) in [5.74, 6) is 0. The maximum Gasteiger partial charge on any atom is 0.241 e. The molecule has 1 aromatic heterocycles. The highest BCUT2D eigenvalue weighted by Crippen LogP contribution is 2.39. The van der Waals surface area contributed by atoms with E-state index in [2.05, 4.69) is 145 Å². The first-order valence-corrected chi connectivity index (χ1v) is 16.4. The molecule has 0 amide bonds. The first-order chi connectivity index (χ1) is 19.3. The van der Waals surface area contributed by atoms with Crippen molar-refractivity contribution in [3.05, 3.63) is 145 Å². The van der Waals surface area contributed by atoms with Gasteiger partial charge in [0.05, 0.1) is 5.72 Å². The highest BCUT2D eigenvalue weighted by atomic mass is 28.3. The van der Waals surface area contributed by atoms with Crippen molar-refractivity contribution < 1.29 is 0 Å². The van der Waals surface area contributed by atoms with Crippen LogP contribution in [0.2, 0.25) is 5.54 Å². The van der Waals surface area contributed by atoms with Crippen molar-refractivity contribution >= 4 is 43.0 Å². The van der Waals surface area contributed by atoms with Crippen LogP contribution in [0, 0.1) is 0 Å². The lowest BCUT2D eigenvalue weighted by Crippen LogP contribution is -2.65. The molecule has 6 rings (SSSR count). The summed E-state index contributed by atoms with van der Waals surface area (Å²) >= 11 is 0. The van der Waals surface area contributed by atoms with E-state index >= 15 is 0 Å². The van der Waals surface area contributed by atoms with E-state index in [4.69, 9.17) is 4.98 Å². The fourth-order valence-corrected chi connectivity index (χ4v) is 12.1. The normalized spacial score (nSPS) is 14.4. The molecule has 0 unspecified atom stereocenters. The summed E-state index contributed by atoms with van der Waals surface area (Å²) in [6.45, 7) is 0. The zero-order chi connectivity index (χ0) is 26.3. The lowest BCUT2D eigenvalue weighted by Gasteiger charge is -2.39. The Hall–Kier alpha value is -3.89. The number of benzene rings is 4. The molecular formula is C35H34BN2Si. The highest BCUT2D eigenvalue weighted by Gasteiger charge is 2.46. The van der Waals surface area contributed by atoms with Crippen molar-refractivity contribution in [1.29, 1.82) is 0 Å². The molecule has 5 aromatic rings. The van der Waals surface area contributed by atoms with Crippen LogP contribution in [-0.2, 0) is 6.17 Å². The third-order valence-electron chi connectivity index (χ3n) is 8.31. The van der Waals surface area contributed by atoms with Crippen LogP contribution >= 0.6 is 0 Å². The van der Waals surface area contributed by atoms with Gasteiger partial charge in [-0.25, -0.2) is 0 Å². The molecule has 0 aliphatic heterocycles. The van der Waals surface area contributed by atoms with E-state index in [1.165, 1.54) is 52.7 Å². The van der Waals surface area contributed by atoms with E-state index < -0.39 is 8.07 Å². The number of hydrogen-bond donors (Lipinski definition) is 0. The Bertz CT molecular complexity index is 1450. The van der Waals surface area contributed by atoms with Gasteiger partial charge in [-0.2, -0.15) is 0 Å². The van der Waals surface area contributed by atoms with Crippen LogP contribution in [0.3, 0.4) is 0 Å². The molecule has 0 atom stereocenters. The molecular weight excluding hydrogens is 487 g/mol. The number of aromatic nitrogens is 2. The second kappa shape index (κ2) is 11.9. The highest BCUT2D eigenvalue weighted by molar-refractivity contribution is 7.02. The second-order valence-corrected chi connectivity index (χ2v) is 14.8. The van der Waals surface area contributed by atoms with Crippen LogP contribution in [0.5, 0.6) is 0 Å². The monoisotopic (exact) mass is 521 g/mol. The minimum Gasteiger partial charge on any atom is -0.345 e. The first-order valence-electron chi connectivity index (χ1n) is 14.1. The standard InChI is InChI=1S/C35H34BN2Si/c1-5-15-29(16-6-1)27-34(30-17-7-2-8-18-30)36-35-37-25-26-38(35)28-39(33-23-13-14-24-33,31-19-9-3-10-20-31)32-21-11-4-12-22-32/h1-12,15-22,25-27,33H,13-14,23-24,28H2. The van der Waals surface area contributed by atoms with Gasteiger partial charge in [0.1, 0.15) is 8.07 Å². The minimum absolute atomic E-state index is 0.714. The van der Waals surface area contributed by atoms with Gasteiger partial charge in [0.15, 0.2) is 0 Å². The summed E-state index contributed by atoms with van der Waals surface area (Å²) in [4.78, 5) is 4.91. The Morgan fingerprint density at radius 1 is 0.744 bits per heavy atom. The molecule has 4 heteroatoms. The number of nitrogens with zero attached hydrogens (tertiary/aromatic N) is 2. The van der Waals surface area contributed by atoms with Crippen LogP contribution in [-0.4, -0.2) is 24.9 Å². The Morgan fingerprint density at radius 2 is 1.28 bits per heavy atom. The molecule has 1 aliphatic rings. The van der Waals surface area contributed by atoms with E-state index in [1.807, 2.05) is 6.20 Å². The van der Waals surface area contributed by atoms with Crippen molar-refractivity contribution in [3.8, 4) is 0 Å². The summed E-state index contributed by atoms with van der Waals surface area (Å²) in [5, 5.41) is 3.07. The molecule has 0 spiro atoms. The van der Waals surface area contributed by atoms with E-state index in [1.54, 1.807) is 0 Å². The number of imidazole rings is 1. The third kappa shape index (κ3) is 5.48. The Balaban J connectivity index is 1.43. The van der Waals surface area contributed by atoms with Crippen molar-refractivity contribution in [2.45, 2.75) is 37.4 Å². The van der Waals surface area contributed by atoms with Crippen LogP contribution in [0.25, 0.3) is 11.5 Å². The Morgan fingerprint density at radius 3 is 1.87 bits per heavy atom. The lowest BCUT2D eigenvalue weighted by molar-refractivity contribution is 0.793. The summed E-state index contributed by atoms with van der Waals surface area (Å²) in [7, 11) is 0.0984. The molecule has 1 fully saturated rings. The van der Waals surface area contributed by atoms with E-state index in [9.17, 15) is 0 Å². The van der Waals surface area contributed by atoms with Gasteiger partial charge >= 0.3 is 0 Å². The zero-order valence-corrected chi connectivity index (χ0v) is 23.4. The molecule has 39 heavy (non-hydrogen) atoms. The van der Waals surface area contributed by atoms with Gasteiger partial charge in [0, 0.05) is 18.6 Å². The third-order valence-corrected chi connectivity index (χ3v) is 13.8. The molecule has 1 saturated carbocycles. The molecule has 1 radical (unpaired) electrons. The minimum atomic E-state index is -2.17. The summed E-state index contributed by atoms with van der Waals surface area (Å²) in [6.07, 6.45) is 12.7. The van der Waals surface area contributed by atoms with E-state index in [-0.39, 0.29) is 0 Å². The lowest BCUT2D eigenvalue weighted by atomic mass is 9.65. The van der Waals surface area contributed by atoms with E-state index in [0.717, 1.165) is 11.9 Å². The van der Waals surface area contributed by atoms with Crippen molar-refractivity contribution in [3.63, 3.8) is 0 Å². The average molecular weight is 522 g/mol. The molecule has 4 aromatic carbocycles. The van der Waals surface area contributed by atoms with Gasteiger partial charge in [0.25, 0.3) is 0 Å². The van der Waals surface area contributed by atoms with Gasteiger partial charge in [-0.3, -0.25) is 4.98 Å². The summed E-state index contributed by atoms with van der Waals surface area (Å²) < 4.78 is 2.44. The van der Waals surface area contributed by atoms with Gasteiger partial charge in [-0.1, -0.05) is 169 Å². The molecule has 0 bridgehead atoms. The SMILES string of the molecule is [B](C(=Cc1ccccc1)c1ccccc1)c1nccn1C[Si](c1ccccc1)(c1ccccc1)C1CCCC1. The summed E-state index contributed by atoms with van der Waals surface area (Å²) in [5.41, 5.74) is 5.28. The largest absolute Gasteiger partial charge is 0.345 e. The maximum absolute atomic E-state index is 4.91. The fraction of sp³-hybridized carbons (Fsp3) is 0.171. The van der Waals surface area contributed by atoms with Gasteiger partial charge in [0.2, 0.25) is 7.28 Å². The van der Waals surface area contributed by atoms with Crippen LogP contribution in [0.4, 0.5) is 0 Å². The zero-order valence-electron chi connectivity index (χ0n) is 22.4. The molecule has 1 aliphatic carbocycles. The van der Waals surface area contributed by atoms with Crippen LogP contribution in [0.15, 0.2) is 134 Å². The molecule has 191 valence electrons. The first kappa shape index (κ1) is 25.4. The predicted molar refractivity (Wildman–Crippen MR) is 168 cm³/mol. The quantitative estimate of drug-likeness (QED) is 0.168. The van der Waals surface area contributed by atoms with Gasteiger partial charge < -0.3 is 4.57 Å². The van der Waals surface area contributed by atoms with Gasteiger partial charge in [-0.15, -0.1) is 0 Å². The number of hydrogen-bond acceptors (Lipinski definition) is 1. The summed E-state index contributed by atoms with van der Waals surface area (Å²) in [6, 6.07) is 44.0. The predicted octanol–water partition coefficient (Wildman–Crippen LogP) is 6.16.